The Hall–Kier alpha value is -4.22. The van der Waals surface area contributed by atoms with Crippen molar-refractivity contribution in [3.05, 3.63) is 83.3 Å². The van der Waals surface area contributed by atoms with E-state index in [1.807, 2.05) is 23.1 Å². The van der Waals surface area contributed by atoms with Crippen LogP contribution in [0.5, 0.6) is 0 Å². The zero-order valence-corrected chi connectivity index (χ0v) is 26.7. The summed E-state index contributed by atoms with van der Waals surface area (Å²) in [4.78, 5) is 16.8. The fourth-order valence-electron chi connectivity index (χ4n) is 5.85. The molecule has 6 rings (SSSR count). The van der Waals surface area contributed by atoms with Gasteiger partial charge in [0.15, 0.2) is 5.43 Å². The fraction of sp³-hybridized carbons (Fsp3) is 0.389. The van der Waals surface area contributed by atoms with Crippen LogP contribution in [0.3, 0.4) is 0 Å². The first-order chi connectivity index (χ1) is 22.6. The van der Waals surface area contributed by atoms with Crippen LogP contribution in [0, 0.1) is 0 Å². The van der Waals surface area contributed by atoms with Crippen LogP contribution in [0.1, 0.15) is 13.8 Å². The van der Waals surface area contributed by atoms with E-state index in [4.69, 9.17) is 28.5 Å². The first-order valence-corrected chi connectivity index (χ1v) is 16.1. The van der Waals surface area contributed by atoms with Gasteiger partial charge in [-0.15, -0.1) is 0 Å². The van der Waals surface area contributed by atoms with Crippen LogP contribution >= 0.6 is 0 Å². The molecule has 0 spiro atoms. The van der Waals surface area contributed by atoms with Crippen molar-refractivity contribution in [1.29, 1.82) is 0 Å². The van der Waals surface area contributed by atoms with E-state index in [2.05, 4.69) is 66.1 Å². The molecule has 3 aliphatic rings. The summed E-state index contributed by atoms with van der Waals surface area (Å²) in [7, 11) is 0. The Kier molecular flexibility index (Phi) is 10.6. The third kappa shape index (κ3) is 7.42. The second-order valence-corrected chi connectivity index (χ2v) is 11.1. The third-order valence-electron chi connectivity index (χ3n) is 8.28. The van der Waals surface area contributed by atoms with Gasteiger partial charge in [-0.3, -0.25) is 4.79 Å². The molecule has 3 aromatic rings. The maximum absolute atomic E-state index is 12.3. The molecule has 3 heterocycles. The Bertz CT molecular complexity index is 1710. The summed E-state index contributed by atoms with van der Waals surface area (Å²) in [5, 5.41) is 5.71. The van der Waals surface area contributed by atoms with Crippen molar-refractivity contribution in [2.24, 2.45) is 0 Å². The lowest BCUT2D eigenvalue weighted by molar-refractivity contribution is 0.00206. The number of benzene rings is 3. The van der Waals surface area contributed by atoms with Crippen LogP contribution in [-0.2, 0) is 18.9 Å². The zero-order valence-electron chi connectivity index (χ0n) is 26.7. The average molecular weight is 627 g/mol. The van der Waals surface area contributed by atoms with E-state index in [1.165, 1.54) is 0 Å². The smallest absolute Gasteiger partial charge is 0.182 e. The van der Waals surface area contributed by atoms with Crippen molar-refractivity contribution in [3.63, 3.8) is 0 Å². The van der Waals surface area contributed by atoms with E-state index in [9.17, 15) is 4.79 Å². The first kappa shape index (κ1) is 31.7. The number of hydrogen-bond donors (Lipinski definition) is 0. The number of anilines is 2. The SMILES string of the molecule is CCN(CC)c1ccc2c(-c3cnn(-c4ccc(N5CCOCCOCCOCCOCC5)cc4)c3)c3ccc(=O)cc-3oc2c1. The number of rotatable bonds is 6. The molecule has 10 heteroatoms. The molecule has 2 aromatic carbocycles. The Balaban J connectivity index is 1.26. The lowest BCUT2D eigenvalue weighted by Crippen LogP contribution is -2.31. The minimum atomic E-state index is -0.0861. The highest BCUT2D eigenvalue weighted by atomic mass is 16.6. The lowest BCUT2D eigenvalue weighted by atomic mass is 9.95. The molecular weight excluding hydrogens is 584 g/mol. The molecule has 2 aliphatic heterocycles. The molecule has 1 aliphatic carbocycles. The van der Waals surface area contributed by atoms with Gasteiger partial charge >= 0.3 is 0 Å². The van der Waals surface area contributed by atoms with Gasteiger partial charge < -0.3 is 33.2 Å². The molecule has 0 atom stereocenters. The summed E-state index contributed by atoms with van der Waals surface area (Å²) in [6.07, 6.45) is 3.90. The van der Waals surface area contributed by atoms with Crippen LogP contribution < -0.4 is 15.2 Å². The normalized spacial score (nSPS) is 15.9. The first-order valence-electron chi connectivity index (χ1n) is 16.1. The lowest BCUT2D eigenvalue weighted by Gasteiger charge is -2.25. The second kappa shape index (κ2) is 15.4. The average Bonchev–Trinajstić information content (AvgIpc) is 3.56. The maximum atomic E-state index is 12.3. The molecule has 46 heavy (non-hydrogen) atoms. The Morgan fingerprint density at radius 3 is 2.02 bits per heavy atom. The van der Waals surface area contributed by atoms with E-state index in [1.54, 1.807) is 12.1 Å². The summed E-state index contributed by atoms with van der Waals surface area (Å²) < 4.78 is 30.9. The van der Waals surface area contributed by atoms with Gasteiger partial charge in [-0.1, -0.05) is 0 Å². The zero-order chi connectivity index (χ0) is 31.7. The minimum Gasteiger partial charge on any atom is -0.456 e. The van der Waals surface area contributed by atoms with Gasteiger partial charge in [0.2, 0.25) is 0 Å². The third-order valence-corrected chi connectivity index (χ3v) is 8.28. The Morgan fingerprint density at radius 1 is 0.739 bits per heavy atom. The quantitative estimate of drug-likeness (QED) is 0.227. The predicted molar refractivity (Wildman–Crippen MR) is 181 cm³/mol. The highest BCUT2D eigenvalue weighted by Crippen LogP contribution is 2.41. The number of aromatic nitrogens is 2. The monoisotopic (exact) mass is 626 g/mol. The predicted octanol–water partition coefficient (Wildman–Crippen LogP) is 5.48. The molecule has 1 fully saturated rings. The van der Waals surface area contributed by atoms with Crippen molar-refractivity contribution in [2.75, 3.05) is 88.8 Å². The molecule has 242 valence electrons. The number of ether oxygens (including phenoxy) is 4. The van der Waals surface area contributed by atoms with Gasteiger partial charge in [-0.2, -0.15) is 5.10 Å². The maximum Gasteiger partial charge on any atom is 0.182 e. The van der Waals surface area contributed by atoms with Gasteiger partial charge in [0.25, 0.3) is 0 Å². The summed E-state index contributed by atoms with van der Waals surface area (Å²) >= 11 is 0. The molecule has 1 saturated heterocycles. The summed E-state index contributed by atoms with van der Waals surface area (Å²) in [6, 6.07) is 19.6. The summed E-state index contributed by atoms with van der Waals surface area (Å²) in [5.41, 5.74) is 6.55. The molecular formula is C36H42N4O6. The summed E-state index contributed by atoms with van der Waals surface area (Å²) in [6.45, 7) is 12.1. The topological polar surface area (TPSA) is 91.4 Å². The fourth-order valence-corrected chi connectivity index (χ4v) is 5.85. The van der Waals surface area contributed by atoms with Crippen molar-refractivity contribution in [1.82, 2.24) is 9.78 Å². The minimum absolute atomic E-state index is 0.0861. The van der Waals surface area contributed by atoms with Gasteiger partial charge in [0.1, 0.15) is 11.3 Å². The molecule has 0 bridgehead atoms. The number of fused-ring (bicyclic) bond motifs is 2. The van der Waals surface area contributed by atoms with Gasteiger partial charge in [0, 0.05) is 78.0 Å². The highest BCUT2D eigenvalue weighted by Gasteiger charge is 2.20. The van der Waals surface area contributed by atoms with E-state index < -0.39 is 0 Å². The molecule has 1 aromatic heterocycles. The van der Waals surface area contributed by atoms with Gasteiger partial charge in [0.05, 0.1) is 64.7 Å². The standard InChI is InChI=1S/C36H42N4O6/c1-3-38(4-2)30-9-11-32-34(23-30)46-35-24-31(41)10-12-33(35)36(32)27-25-37-40(26-27)29-7-5-28(6-8-29)39-13-15-42-17-19-44-21-22-45-20-18-43-16-14-39/h5-12,23-26H,3-4,13-22H2,1-2H3. The van der Waals surface area contributed by atoms with Crippen LogP contribution in [0.4, 0.5) is 11.4 Å². The van der Waals surface area contributed by atoms with E-state index in [0.717, 1.165) is 70.9 Å². The molecule has 0 amide bonds. The number of nitrogens with zero attached hydrogens (tertiary/aromatic N) is 4. The van der Waals surface area contributed by atoms with Crippen LogP contribution in [-0.4, -0.2) is 88.8 Å². The molecule has 0 unspecified atom stereocenters. The van der Waals surface area contributed by atoms with Crippen molar-refractivity contribution < 1.29 is 23.4 Å². The van der Waals surface area contributed by atoms with Crippen molar-refractivity contribution in [3.8, 4) is 28.1 Å². The van der Waals surface area contributed by atoms with E-state index in [-0.39, 0.29) is 5.43 Å². The number of hydrogen-bond acceptors (Lipinski definition) is 9. The van der Waals surface area contributed by atoms with Gasteiger partial charge in [-0.25, -0.2) is 4.68 Å². The molecule has 0 saturated carbocycles. The summed E-state index contributed by atoms with van der Waals surface area (Å²) in [5.74, 6) is 0.560. The van der Waals surface area contributed by atoms with E-state index >= 15 is 0 Å². The van der Waals surface area contributed by atoms with Crippen LogP contribution in [0.2, 0.25) is 0 Å². The van der Waals surface area contributed by atoms with Crippen molar-refractivity contribution >= 4 is 22.3 Å². The van der Waals surface area contributed by atoms with Crippen molar-refractivity contribution in [2.45, 2.75) is 13.8 Å². The van der Waals surface area contributed by atoms with Gasteiger partial charge in [-0.05, 0) is 62.4 Å². The van der Waals surface area contributed by atoms with E-state index in [0.29, 0.717) is 58.6 Å². The molecule has 0 N–H and O–H groups in total. The molecule has 0 radical (unpaired) electrons. The Morgan fingerprint density at radius 2 is 1.37 bits per heavy atom. The highest BCUT2D eigenvalue weighted by molar-refractivity contribution is 6.02. The second-order valence-electron chi connectivity index (χ2n) is 11.1. The molecule has 10 nitrogen and oxygen atoms in total. The van der Waals surface area contributed by atoms with Crippen LogP contribution in [0.15, 0.2) is 82.3 Å². The largest absolute Gasteiger partial charge is 0.456 e. The van der Waals surface area contributed by atoms with Crippen LogP contribution in [0.25, 0.3) is 39.1 Å². The Labute approximate surface area is 269 Å².